The van der Waals surface area contributed by atoms with Gasteiger partial charge in [-0.2, -0.15) is 0 Å². The van der Waals surface area contributed by atoms with Crippen molar-refractivity contribution in [3.8, 4) is 0 Å². The molecule has 1 aromatic rings. The van der Waals surface area contributed by atoms with Gasteiger partial charge in [-0.05, 0) is 49.9 Å². The van der Waals surface area contributed by atoms with Crippen LogP contribution in [0, 0.1) is 0 Å². The van der Waals surface area contributed by atoms with Gasteiger partial charge in [0.25, 0.3) is 0 Å². The van der Waals surface area contributed by atoms with Crippen molar-refractivity contribution in [2.24, 2.45) is 0 Å². The summed E-state index contributed by atoms with van der Waals surface area (Å²) in [6.07, 6.45) is 5.40. The van der Waals surface area contributed by atoms with Gasteiger partial charge in [0.15, 0.2) is 0 Å². The first kappa shape index (κ1) is 15.4. The number of urea groups is 1. The van der Waals surface area contributed by atoms with Crippen LogP contribution in [0.3, 0.4) is 0 Å². The molecule has 2 rings (SSSR count). The van der Waals surface area contributed by atoms with E-state index in [0.29, 0.717) is 11.7 Å². The van der Waals surface area contributed by atoms with Crippen molar-refractivity contribution in [1.82, 2.24) is 4.90 Å². The predicted octanol–water partition coefficient (Wildman–Crippen LogP) is 3.57. The van der Waals surface area contributed by atoms with Crippen molar-refractivity contribution in [2.75, 3.05) is 11.9 Å². The number of benzene rings is 1. The van der Waals surface area contributed by atoms with Crippen LogP contribution >= 0.6 is 0 Å². The molecule has 5 nitrogen and oxygen atoms in total. The van der Waals surface area contributed by atoms with Crippen molar-refractivity contribution in [1.29, 1.82) is 0 Å². The molecular formula is C16H22N2O3. The van der Waals surface area contributed by atoms with E-state index in [-0.39, 0.29) is 11.6 Å². The number of nitrogens with zero attached hydrogens (tertiary/aromatic N) is 1. The summed E-state index contributed by atoms with van der Waals surface area (Å²) in [4.78, 5) is 25.1. The zero-order chi connectivity index (χ0) is 15.2. The van der Waals surface area contributed by atoms with Crippen molar-refractivity contribution in [3.05, 3.63) is 29.8 Å². The van der Waals surface area contributed by atoms with Crippen LogP contribution in [0.25, 0.3) is 0 Å². The Morgan fingerprint density at radius 3 is 2.62 bits per heavy atom. The maximum Gasteiger partial charge on any atom is 0.335 e. The number of carboxylic acid groups (broad SMARTS) is 1. The van der Waals surface area contributed by atoms with Gasteiger partial charge in [-0.25, -0.2) is 9.59 Å². The van der Waals surface area contributed by atoms with E-state index in [9.17, 15) is 9.59 Å². The summed E-state index contributed by atoms with van der Waals surface area (Å²) in [6.45, 7) is 2.93. The second-order valence-electron chi connectivity index (χ2n) is 5.44. The highest BCUT2D eigenvalue weighted by atomic mass is 16.4. The highest BCUT2D eigenvalue weighted by Crippen LogP contribution is 2.22. The molecule has 5 heteroatoms. The molecule has 1 unspecified atom stereocenters. The monoisotopic (exact) mass is 290 g/mol. The van der Waals surface area contributed by atoms with E-state index in [2.05, 4.69) is 12.2 Å². The first-order valence-corrected chi connectivity index (χ1v) is 7.52. The van der Waals surface area contributed by atoms with E-state index in [0.717, 1.165) is 32.2 Å². The van der Waals surface area contributed by atoms with Gasteiger partial charge in [-0.1, -0.05) is 13.3 Å². The molecule has 0 aliphatic carbocycles. The van der Waals surface area contributed by atoms with Gasteiger partial charge in [0.1, 0.15) is 0 Å². The number of piperidine rings is 1. The quantitative estimate of drug-likeness (QED) is 0.890. The number of anilines is 1. The maximum atomic E-state index is 12.4. The van der Waals surface area contributed by atoms with Crippen molar-refractivity contribution in [2.45, 2.75) is 45.1 Å². The lowest BCUT2D eigenvalue weighted by Crippen LogP contribution is -2.45. The molecule has 0 saturated carbocycles. The third-order valence-corrected chi connectivity index (χ3v) is 3.89. The van der Waals surface area contributed by atoms with Crippen LogP contribution < -0.4 is 5.32 Å². The zero-order valence-electron chi connectivity index (χ0n) is 12.3. The summed E-state index contributed by atoms with van der Waals surface area (Å²) < 4.78 is 0. The highest BCUT2D eigenvalue weighted by molar-refractivity contribution is 5.91. The first-order valence-electron chi connectivity index (χ1n) is 7.52. The van der Waals surface area contributed by atoms with Crippen molar-refractivity contribution >= 4 is 17.7 Å². The fraction of sp³-hybridized carbons (Fsp3) is 0.500. The van der Waals surface area contributed by atoms with Crippen molar-refractivity contribution < 1.29 is 14.7 Å². The van der Waals surface area contributed by atoms with Gasteiger partial charge >= 0.3 is 12.0 Å². The van der Waals surface area contributed by atoms with E-state index in [1.54, 1.807) is 12.1 Å². The van der Waals surface area contributed by atoms with E-state index < -0.39 is 5.97 Å². The number of hydrogen-bond donors (Lipinski definition) is 2. The molecule has 2 amide bonds. The van der Waals surface area contributed by atoms with Crippen LogP contribution in [0.5, 0.6) is 0 Å². The lowest BCUT2D eigenvalue weighted by atomic mass is 9.99. The van der Waals surface area contributed by atoms with Crippen LogP contribution in [0.4, 0.5) is 10.5 Å². The van der Waals surface area contributed by atoms with Crippen LogP contribution in [0.2, 0.25) is 0 Å². The number of rotatable bonds is 4. The number of hydrogen-bond acceptors (Lipinski definition) is 2. The Balaban J connectivity index is 2.00. The standard InChI is InChI=1S/C16H22N2O3/c1-2-5-14-6-3-4-11-18(14)16(21)17-13-9-7-12(8-10-13)15(19)20/h7-10,14H,2-6,11H2,1H3,(H,17,21)(H,19,20). The lowest BCUT2D eigenvalue weighted by molar-refractivity contribution is 0.0697. The van der Waals surface area contributed by atoms with Gasteiger partial charge < -0.3 is 15.3 Å². The molecule has 0 spiro atoms. The molecule has 1 atom stereocenters. The molecule has 0 aromatic heterocycles. The van der Waals surface area contributed by atoms with Crippen LogP contribution in [-0.2, 0) is 0 Å². The Bertz CT molecular complexity index is 497. The van der Waals surface area contributed by atoms with Crippen LogP contribution in [0.1, 0.15) is 49.4 Å². The third kappa shape index (κ3) is 3.97. The Hall–Kier alpha value is -2.04. The van der Waals surface area contributed by atoms with E-state index >= 15 is 0 Å². The number of carboxylic acids is 1. The smallest absolute Gasteiger partial charge is 0.335 e. The first-order chi connectivity index (χ1) is 10.1. The molecular weight excluding hydrogens is 268 g/mol. The Morgan fingerprint density at radius 1 is 1.29 bits per heavy atom. The minimum Gasteiger partial charge on any atom is -0.478 e. The van der Waals surface area contributed by atoms with Gasteiger partial charge in [-0.15, -0.1) is 0 Å². The SMILES string of the molecule is CCCC1CCCCN1C(=O)Nc1ccc(C(=O)O)cc1. The largest absolute Gasteiger partial charge is 0.478 e. The fourth-order valence-electron chi connectivity index (χ4n) is 2.79. The summed E-state index contributed by atoms with van der Waals surface area (Å²) in [7, 11) is 0. The molecule has 1 aliphatic rings. The summed E-state index contributed by atoms with van der Waals surface area (Å²) in [6, 6.07) is 6.48. The zero-order valence-corrected chi connectivity index (χ0v) is 12.3. The van der Waals surface area contributed by atoms with Gasteiger partial charge in [0.05, 0.1) is 5.56 Å². The third-order valence-electron chi connectivity index (χ3n) is 3.89. The fourth-order valence-corrected chi connectivity index (χ4v) is 2.79. The molecule has 1 heterocycles. The van der Waals surface area contributed by atoms with Gasteiger partial charge in [-0.3, -0.25) is 0 Å². The predicted molar refractivity (Wildman–Crippen MR) is 81.7 cm³/mol. The summed E-state index contributed by atoms with van der Waals surface area (Å²) in [5, 5.41) is 11.7. The number of carbonyl (C=O) groups is 2. The highest BCUT2D eigenvalue weighted by Gasteiger charge is 2.25. The normalized spacial score (nSPS) is 18.3. The summed E-state index contributed by atoms with van der Waals surface area (Å²) in [5.41, 5.74) is 0.848. The molecule has 0 bridgehead atoms. The molecule has 1 aromatic carbocycles. The Kier molecular flexibility index (Phi) is 5.20. The molecule has 0 radical (unpaired) electrons. The molecule has 2 N–H and O–H groups in total. The molecule has 1 aliphatic heterocycles. The minimum atomic E-state index is -0.966. The topological polar surface area (TPSA) is 69.6 Å². The second-order valence-corrected chi connectivity index (χ2v) is 5.44. The number of nitrogens with one attached hydrogen (secondary N) is 1. The second kappa shape index (κ2) is 7.11. The van der Waals surface area contributed by atoms with Crippen LogP contribution in [-0.4, -0.2) is 34.6 Å². The minimum absolute atomic E-state index is 0.0868. The van der Waals surface area contributed by atoms with E-state index in [1.807, 2.05) is 4.90 Å². The van der Waals surface area contributed by atoms with Gasteiger partial charge in [0.2, 0.25) is 0 Å². The Labute approximate surface area is 125 Å². The number of carbonyl (C=O) groups excluding carboxylic acids is 1. The summed E-state index contributed by atoms with van der Waals surface area (Å²) in [5.74, 6) is -0.966. The molecule has 1 saturated heterocycles. The summed E-state index contributed by atoms with van der Waals surface area (Å²) >= 11 is 0. The molecule has 21 heavy (non-hydrogen) atoms. The Morgan fingerprint density at radius 2 is 2.00 bits per heavy atom. The maximum absolute atomic E-state index is 12.4. The average Bonchev–Trinajstić information content (AvgIpc) is 2.48. The van der Waals surface area contributed by atoms with Gasteiger partial charge in [0, 0.05) is 18.3 Å². The van der Waals surface area contributed by atoms with E-state index in [4.69, 9.17) is 5.11 Å². The average molecular weight is 290 g/mol. The molecule has 1 fully saturated rings. The number of aromatic carboxylic acids is 1. The van der Waals surface area contributed by atoms with Crippen LogP contribution in [0.15, 0.2) is 24.3 Å². The number of amides is 2. The molecule has 114 valence electrons. The van der Waals surface area contributed by atoms with Crippen molar-refractivity contribution in [3.63, 3.8) is 0 Å². The number of likely N-dealkylation sites (tertiary alicyclic amines) is 1. The lowest BCUT2D eigenvalue weighted by Gasteiger charge is -2.35. The van der Waals surface area contributed by atoms with E-state index in [1.165, 1.54) is 18.6 Å².